The topological polar surface area (TPSA) is 101 Å². The zero-order chi connectivity index (χ0) is 17.7. The molecule has 1 amide bonds. The fourth-order valence-corrected chi connectivity index (χ4v) is 3.56. The van der Waals surface area contributed by atoms with Gasteiger partial charge in [-0.1, -0.05) is 32.1 Å². The van der Waals surface area contributed by atoms with Crippen LogP contribution in [-0.2, 0) is 14.8 Å². The Balaban J connectivity index is 1.98. The van der Waals surface area contributed by atoms with E-state index >= 15 is 0 Å². The van der Waals surface area contributed by atoms with Gasteiger partial charge in [0.2, 0.25) is 15.9 Å². The number of amides is 1. The van der Waals surface area contributed by atoms with Gasteiger partial charge in [0.1, 0.15) is 5.82 Å². The molecule has 0 radical (unpaired) electrons. The summed E-state index contributed by atoms with van der Waals surface area (Å²) in [5.74, 6) is -0.599. The van der Waals surface area contributed by atoms with E-state index in [1.165, 1.54) is 31.4 Å². The summed E-state index contributed by atoms with van der Waals surface area (Å²) in [7, 11) is -3.61. The molecule has 0 aromatic heterocycles. The lowest BCUT2D eigenvalue weighted by Gasteiger charge is -2.24. The standard InChI is InChI=1S/C16H24FN3O3S/c1-24(22,23)20-15-10-12(7-8-13(15)17)19-16(21)14(18)9-11-5-3-2-4-6-11/h7-8,10-11,14,20H,2-6,9,18H2,1H3,(H,19,21). The van der Waals surface area contributed by atoms with Gasteiger partial charge in [0.05, 0.1) is 18.0 Å². The molecule has 0 aliphatic heterocycles. The Kier molecular flexibility index (Phi) is 6.17. The van der Waals surface area contributed by atoms with Gasteiger partial charge < -0.3 is 11.1 Å². The molecule has 1 aromatic rings. The number of carbonyl (C=O) groups is 1. The van der Waals surface area contributed by atoms with Crippen molar-refractivity contribution < 1.29 is 17.6 Å². The first-order valence-electron chi connectivity index (χ1n) is 8.08. The summed E-state index contributed by atoms with van der Waals surface area (Å²) >= 11 is 0. The van der Waals surface area contributed by atoms with Crippen LogP contribution in [0.25, 0.3) is 0 Å². The lowest BCUT2D eigenvalue weighted by Crippen LogP contribution is -2.37. The molecule has 0 saturated heterocycles. The van der Waals surface area contributed by atoms with Gasteiger partial charge >= 0.3 is 0 Å². The molecule has 1 atom stereocenters. The zero-order valence-corrected chi connectivity index (χ0v) is 14.5. The minimum atomic E-state index is -3.61. The largest absolute Gasteiger partial charge is 0.325 e. The van der Waals surface area contributed by atoms with Crippen LogP contribution in [0.1, 0.15) is 38.5 Å². The van der Waals surface area contributed by atoms with Gasteiger partial charge in [-0.15, -0.1) is 0 Å². The van der Waals surface area contributed by atoms with Crippen LogP contribution in [0.4, 0.5) is 15.8 Å². The second-order valence-electron chi connectivity index (χ2n) is 6.40. The fourth-order valence-electron chi connectivity index (χ4n) is 3.00. The number of hydrogen-bond acceptors (Lipinski definition) is 4. The number of halogens is 1. The summed E-state index contributed by atoms with van der Waals surface area (Å²) in [5, 5.41) is 2.62. The van der Waals surface area contributed by atoms with E-state index < -0.39 is 21.9 Å². The SMILES string of the molecule is CS(=O)(=O)Nc1cc(NC(=O)C(N)CC2CCCCC2)ccc1F. The van der Waals surface area contributed by atoms with Crippen molar-refractivity contribution in [2.75, 3.05) is 16.3 Å². The van der Waals surface area contributed by atoms with Crippen molar-refractivity contribution in [3.63, 3.8) is 0 Å². The van der Waals surface area contributed by atoms with Crippen LogP contribution in [-0.4, -0.2) is 26.6 Å². The van der Waals surface area contributed by atoms with Crippen molar-refractivity contribution in [1.82, 2.24) is 0 Å². The number of benzene rings is 1. The minimum absolute atomic E-state index is 0.212. The maximum absolute atomic E-state index is 13.6. The Labute approximate surface area is 142 Å². The molecule has 1 unspecified atom stereocenters. The Bertz CT molecular complexity index is 688. The number of nitrogens with two attached hydrogens (primary N) is 1. The summed E-state index contributed by atoms with van der Waals surface area (Å²) in [4.78, 5) is 12.2. The lowest BCUT2D eigenvalue weighted by molar-refractivity contribution is -0.117. The van der Waals surface area contributed by atoms with E-state index in [0.717, 1.165) is 25.2 Å². The van der Waals surface area contributed by atoms with Gasteiger partial charge in [-0.05, 0) is 30.5 Å². The molecule has 1 aliphatic carbocycles. The molecule has 6 nitrogen and oxygen atoms in total. The van der Waals surface area contributed by atoms with E-state index in [1.54, 1.807) is 0 Å². The smallest absolute Gasteiger partial charge is 0.241 e. The van der Waals surface area contributed by atoms with Gasteiger partial charge in [-0.3, -0.25) is 9.52 Å². The van der Waals surface area contributed by atoms with Crippen LogP contribution in [0.5, 0.6) is 0 Å². The van der Waals surface area contributed by atoms with Crippen LogP contribution in [0.3, 0.4) is 0 Å². The third kappa shape index (κ3) is 5.76. The van der Waals surface area contributed by atoms with E-state index in [4.69, 9.17) is 5.73 Å². The lowest BCUT2D eigenvalue weighted by atomic mass is 9.85. The summed E-state index contributed by atoms with van der Waals surface area (Å²) in [6.07, 6.45) is 7.35. The summed E-state index contributed by atoms with van der Waals surface area (Å²) in [6.45, 7) is 0. The Morgan fingerprint density at radius 2 is 2.00 bits per heavy atom. The van der Waals surface area contributed by atoms with E-state index in [2.05, 4.69) is 10.0 Å². The van der Waals surface area contributed by atoms with Gasteiger partial charge in [0, 0.05) is 5.69 Å². The van der Waals surface area contributed by atoms with Crippen LogP contribution >= 0.6 is 0 Å². The Hall–Kier alpha value is -1.67. The maximum atomic E-state index is 13.6. The molecule has 1 aliphatic rings. The number of carbonyl (C=O) groups excluding carboxylic acids is 1. The van der Waals surface area contributed by atoms with Crippen LogP contribution in [0, 0.1) is 11.7 Å². The first-order valence-corrected chi connectivity index (χ1v) is 9.97. The number of rotatable bonds is 6. The van der Waals surface area contributed by atoms with Gasteiger partial charge in [-0.25, -0.2) is 12.8 Å². The quantitative estimate of drug-likeness (QED) is 0.728. The van der Waals surface area contributed by atoms with Crippen LogP contribution in [0.2, 0.25) is 0 Å². The fraction of sp³-hybridized carbons (Fsp3) is 0.562. The maximum Gasteiger partial charge on any atom is 0.241 e. The van der Waals surface area contributed by atoms with Crippen LogP contribution < -0.4 is 15.8 Å². The second kappa shape index (κ2) is 7.94. The van der Waals surface area contributed by atoms with Crippen molar-refractivity contribution in [1.29, 1.82) is 0 Å². The number of hydrogen-bond donors (Lipinski definition) is 3. The Morgan fingerprint density at radius 1 is 1.33 bits per heavy atom. The van der Waals surface area contributed by atoms with Crippen molar-refractivity contribution in [3.8, 4) is 0 Å². The molecule has 0 bridgehead atoms. The zero-order valence-electron chi connectivity index (χ0n) is 13.7. The number of anilines is 2. The molecule has 24 heavy (non-hydrogen) atoms. The number of nitrogens with one attached hydrogen (secondary N) is 2. The monoisotopic (exact) mass is 357 g/mol. The van der Waals surface area contributed by atoms with Gasteiger partial charge in [0.25, 0.3) is 0 Å². The molecule has 0 spiro atoms. The van der Waals surface area contributed by atoms with Crippen molar-refractivity contribution in [2.24, 2.45) is 11.7 Å². The van der Waals surface area contributed by atoms with Crippen molar-refractivity contribution in [3.05, 3.63) is 24.0 Å². The van der Waals surface area contributed by atoms with Gasteiger partial charge in [-0.2, -0.15) is 0 Å². The van der Waals surface area contributed by atoms with Crippen molar-refractivity contribution in [2.45, 2.75) is 44.6 Å². The molecule has 1 saturated carbocycles. The van der Waals surface area contributed by atoms with E-state index in [1.807, 2.05) is 0 Å². The first-order chi connectivity index (χ1) is 11.2. The second-order valence-corrected chi connectivity index (χ2v) is 8.15. The average Bonchev–Trinajstić information content (AvgIpc) is 2.50. The summed E-state index contributed by atoms with van der Waals surface area (Å²) in [6, 6.07) is 3.07. The molecular weight excluding hydrogens is 333 g/mol. The predicted molar refractivity (Wildman–Crippen MR) is 92.7 cm³/mol. The molecule has 1 fully saturated rings. The normalized spacial score (nSPS) is 17.3. The molecule has 8 heteroatoms. The van der Waals surface area contributed by atoms with Gasteiger partial charge in [0.15, 0.2) is 0 Å². The van der Waals surface area contributed by atoms with E-state index in [0.29, 0.717) is 18.0 Å². The average molecular weight is 357 g/mol. The predicted octanol–water partition coefficient (Wildman–Crippen LogP) is 2.43. The molecular formula is C16H24FN3O3S. The van der Waals surface area contributed by atoms with Crippen molar-refractivity contribution >= 4 is 27.3 Å². The molecule has 2 rings (SSSR count). The van der Waals surface area contributed by atoms with E-state index in [-0.39, 0.29) is 11.6 Å². The highest BCUT2D eigenvalue weighted by Gasteiger charge is 2.21. The highest BCUT2D eigenvalue weighted by Crippen LogP contribution is 2.27. The highest BCUT2D eigenvalue weighted by atomic mass is 32.2. The molecule has 1 aromatic carbocycles. The third-order valence-electron chi connectivity index (χ3n) is 4.18. The first kappa shape index (κ1) is 18.7. The van der Waals surface area contributed by atoms with Crippen LogP contribution in [0.15, 0.2) is 18.2 Å². The molecule has 0 heterocycles. The summed E-state index contributed by atoms with van der Waals surface area (Å²) < 4.78 is 38.2. The summed E-state index contributed by atoms with van der Waals surface area (Å²) in [5.41, 5.74) is 6.05. The third-order valence-corrected chi connectivity index (χ3v) is 4.77. The molecule has 4 N–H and O–H groups in total. The minimum Gasteiger partial charge on any atom is -0.325 e. The van der Waals surface area contributed by atoms with E-state index in [9.17, 15) is 17.6 Å². The Morgan fingerprint density at radius 3 is 2.62 bits per heavy atom. The number of sulfonamides is 1. The molecule has 134 valence electrons. The highest BCUT2D eigenvalue weighted by molar-refractivity contribution is 7.92.